The van der Waals surface area contributed by atoms with Crippen molar-refractivity contribution in [2.75, 3.05) is 12.5 Å². The van der Waals surface area contributed by atoms with Crippen molar-refractivity contribution in [1.29, 1.82) is 0 Å². The maximum Gasteiger partial charge on any atom is -0.00348 e. The van der Waals surface area contributed by atoms with Gasteiger partial charge in [0.15, 0.2) is 0 Å². The van der Waals surface area contributed by atoms with Gasteiger partial charge in [-0.15, -0.1) is 0 Å². The van der Waals surface area contributed by atoms with Crippen LogP contribution in [-0.4, -0.2) is 17.1 Å². The lowest BCUT2D eigenvalue weighted by molar-refractivity contribution is 0.654. The molecule has 0 heterocycles. The third kappa shape index (κ3) is 59.7. The van der Waals surface area contributed by atoms with Gasteiger partial charge in [0.1, 0.15) is 0 Å². The van der Waals surface area contributed by atoms with E-state index in [9.17, 15) is 0 Å². The fourth-order valence-corrected chi connectivity index (χ4v) is 0. The molecular formula is C2H7BrOS. The summed E-state index contributed by atoms with van der Waals surface area (Å²) in [6.07, 6.45) is 3.49. The van der Waals surface area contributed by atoms with Crippen molar-refractivity contribution >= 4 is 23.6 Å². The lowest BCUT2D eigenvalue weighted by Crippen LogP contribution is -1.73. The second-order valence-corrected chi connectivity index (χ2v) is 8.21. The zero-order valence-corrected chi connectivity index (χ0v) is 5.64. The second kappa shape index (κ2) is 1.49. The minimum Gasteiger partial charge on any atom is -0.342 e. The summed E-state index contributed by atoms with van der Waals surface area (Å²) >= 11 is 3.01. The largest absolute Gasteiger partial charge is 0.342 e. The molecule has 0 atom stereocenters. The van der Waals surface area contributed by atoms with Crippen molar-refractivity contribution in [3.05, 3.63) is 0 Å². The zero-order valence-electron chi connectivity index (χ0n) is 3.23. The van der Waals surface area contributed by atoms with Gasteiger partial charge in [-0.3, -0.25) is 0 Å². The van der Waals surface area contributed by atoms with Gasteiger partial charge in [0.25, 0.3) is 0 Å². The highest BCUT2D eigenvalue weighted by molar-refractivity contribution is 9.57. The van der Waals surface area contributed by atoms with E-state index in [0.717, 1.165) is 0 Å². The number of halogens is 1. The molecule has 0 rings (SSSR count). The fraction of sp³-hybridized carbons (Fsp3) is 1.00. The Balaban J connectivity index is 3.02. The summed E-state index contributed by atoms with van der Waals surface area (Å²) in [4.78, 5) is 0. The highest BCUT2D eigenvalue weighted by Gasteiger charge is 1.92. The van der Waals surface area contributed by atoms with E-state index in [4.69, 9.17) is 4.55 Å². The minimum absolute atomic E-state index is 1.35. The third-order valence-electron chi connectivity index (χ3n) is 0. The van der Waals surface area contributed by atoms with Crippen LogP contribution in [0.25, 0.3) is 0 Å². The molecule has 0 bridgehead atoms. The molecule has 0 unspecified atom stereocenters. The Labute approximate surface area is 41.1 Å². The molecule has 0 aliphatic carbocycles. The van der Waals surface area contributed by atoms with Crippen LogP contribution in [0.2, 0.25) is 0 Å². The SMILES string of the molecule is CS(C)(O)Br. The van der Waals surface area contributed by atoms with Crippen molar-refractivity contribution in [1.82, 2.24) is 0 Å². The maximum atomic E-state index is 8.52. The predicted molar refractivity (Wildman–Crippen MR) is 31.0 cm³/mol. The van der Waals surface area contributed by atoms with Crippen LogP contribution in [0, 0.1) is 0 Å². The summed E-state index contributed by atoms with van der Waals surface area (Å²) in [6.45, 7) is 0. The molecule has 0 fully saturated rings. The van der Waals surface area contributed by atoms with Gasteiger partial charge in [-0.2, -0.15) is 0 Å². The van der Waals surface area contributed by atoms with Crippen LogP contribution < -0.4 is 0 Å². The van der Waals surface area contributed by atoms with Crippen molar-refractivity contribution in [3.8, 4) is 0 Å². The molecule has 0 aromatic carbocycles. The summed E-state index contributed by atoms with van der Waals surface area (Å²) in [5.74, 6) is 0. The van der Waals surface area contributed by atoms with Gasteiger partial charge in [-0.25, -0.2) is 0 Å². The van der Waals surface area contributed by atoms with E-state index in [2.05, 4.69) is 14.8 Å². The summed E-state index contributed by atoms with van der Waals surface area (Å²) in [5, 5.41) is 0. The average Bonchev–Trinajstić information content (AvgIpc) is 0.722. The van der Waals surface area contributed by atoms with E-state index in [1.807, 2.05) is 0 Å². The molecule has 0 aromatic heterocycles. The van der Waals surface area contributed by atoms with E-state index in [1.54, 1.807) is 12.5 Å². The number of hydrogen-bond donors (Lipinski definition) is 1. The van der Waals surface area contributed by atoms with Crippen molar-refractivity contribution in [2.24, 2.45) is 0 Å². The first-order chi connectivity index (χ1) is 2.00. The fourth-order valence-electron chi connectivity index (χ4n) is 0. The zero-order chi connectivity index (χ0) is 4.50. The maximum absolute atomic E-state index is 8.52. The number of rotatable bonds is 0. The molecule has 5 heavy (non-hydrogen) atoms. The normalized spacial score (nSPS) is 15.2. The highest BCUT2D eigenvalue weighted by atomic mass is 79.9. The standard InChI is InChI=1S/C2H7BrOS/c1-5(2,3)4/h4H,1-2H3. The van der Waals surface area contributed by atoms with Crippen LogP contribution in [0.3, 0.4) is 0 Å². The highest BCUT2D eigenvalue weighted by Crippen LogP contribution is 2.42. The topological polar surface area (TPSA) is 20.2 Å². The first kappa shape index (κ1) is 5.79. The lowest BCUT2D eigenvalue weighted by Gasteiger charge is -2.09. The Morgan fingerprint density at radius 2 is 1.60 bits per heavy atom. The molecule has 0 saturated carbocycles. The van der Waals surface area contributed by atoms with Crippen LogP contribution in [0.15, 0.2) is 0 Å². The summed E-state index contributed by atoms with van der Waals surface area (Å²) < 4.78 is 8.52. The van der Waals surface area contributed by atoms with E-state index in [0.29, 0.717) is 0 Å². The first-order valence-electron chi connectivity index (χ1n) is 1.15. The minimum atomic E-state index is -1.35. The van der Waals surface area contributed by atoms with Gasteiger partial charge in [0.2, 0.25) is 0 Å². The molecule has 34 valence electrons. The lowest BCUT2D eigenvalue weighted by atomic mass is 11.9. The Kier molecular flexibility index (Phi) is 1.73. The van der Waals surface area contributed by atoms with E-state index >= 15 is 0 Å². The Morgan fingerprint density at radius 3 is 1.60 bits per heavy atom. The van der Waals surface area contributed by atoms with Crippen molar-refractivity contribution in [3.63, 3.8) is 0 Å². The Morgan fingerprint density at radius 1 is 1.60 bits per heavy atom. The molecule has 0 saturated heterocycles. The van der Waals surface area contributed by atoms with Gasteiger partial charge in [0.05, 0.1) is 0 Å². The predicted octanol–water partition coefficient (Wildman–Crippen LogP) is 1.83. The van der Waals surface area contributed by atoms with Gasteiger partial charge < -0.3 is 4.55 Å². The molecule has 3 heteroatoms. The molecule has 1 nitrogen and oxygen atoms in total. The van der Waals surface area contributed by atoms with Gasteiger partial charge in [-0.05, 0) is 27.3 Å². The summed E-state index contributed by atoms with van der Waals surface area (Å²) in [6, 6.07) is 0. The van der Waals surface area contributed by atoms with Crippen LogP contribution in [0.4, 0.5) is 0 Å². The van der Waals surface area contributed by atoms with Crippen LogP contribution in [0.1, 0.15) is 0 Å². The quantitative estimate of drug-likeness (QED) is 0.571. The van der Waals surface area contributed by atoms with Crippen LogP contribution in [-0.2, 0) is 0 Å². The molecule has 0 aliphatic heterocycles. The Hall–Kier alpha value is 0.790. The Bertz CT molecular complexity index is 25.1. The van der Waals surface area contributed by atoms with E-state index in [1.165, 1.54) is 0 Å². The average molecular weight is 159 g/mol. The summed E-state index contributed by atoms with van der Waals surface area (Å²) in [5.41, 5.74) is 0. The molecule has 1 N–H and O–H groups in total. The van der Waals surface area contributed by atoms with E-state index in [-0.39, 0.29) is 0 Å². The van der Waals surface area contributed by atoms with Gasteiger partial charge >= 0.3 is 0 Å². The smallest absolute Gasteiger partial charge is 0.00348 e. The molecular weight excluding hydrogens is 152 g/mol. The van der Waals surface area contributed by atoms with Gasteiger partial charge in [0, 0.05) is 0 Å². The first-order valence-corrected chi connectivity index (χ1v) is 5.40. The van der Waals surface area contributed by atoms with Gasteiger partial charge in [-0.1, -0.05) is 8.74 Å². The molecule has 0 radical (unpaired) electrons. The molecule has 0 aromatic rings. The van der Waals surface area contributed by atoms with Crippen molar-refractivity contribution in [2.45, 2.75) is 0 Å². The third-order valence-corrected chi connectivity index (χ3v) is 0. The van der Waals surface area contributed by atoms with Crippen molar-refractivity contribution < 1.29 is 4.55 Å². The second-order valence-electron chi connectivity index (χ2n) is 1.15. The molecule has 0 spiro atoms. The van der Waals surface area contributed by atoms with E-state index < -0.39 is 8.74 Å². The summed E-state index contributed by atoms with van der Waals surface area (Å²) in [7, 11) is -1.35. The molecule has 0 aliphatic rings. The molecule has 0 amide bonds. The number of hydrogen-bond acceptors (Lipinski definition) is 1. The van der Waals surface area contributed by atoms with Crippen LogP contribution in [0.5, 0.6) is 0 Å². The monoisotopic (exact) mass is 158 g/mol. The van der Waals surface area contributed by atoms with Crippen LogP contribution >= 0.6 is 23.6 Å².